The molecule has 2 aromatic heterocycles. The number of β-amino-alcohol motifs (C(OH)–C–C–N with tert-alkyl or cyclic N) is 1. The molecule has 3 aromatic rings. The molecule has 1 saturated carbocycles. The van der Waals surface area contributed by atoms with E-state index in [1.165, 1.54) is 23.9 Å². The van der Waals surface area contributed by atoms with Crippen LogP contribution in [0.3, 0.4) is 0 Å². The maximum absolute atomic E-state index is 13.5. The summed E-state index contributed by atoms with van der Waals surface area (Å²) in [6.45, 7) is 14.8. The number of nitrogens with zero attached hydrogens (tertiary/aromatic N) is 5. The normalized spacial score (nSPS) is 18.3. The standard InChI is InChI=1S/C36H50N6O4/c1-24(2)41-14-16-42(17-15-41)36-19-28(18-35(39-36)38-29-6-5-7-29)32(44)10-9-30(43)21-40-13-12-31-25(3)33(11-8-27(31)20-40)45-22-34-26(4)37-23-46-34/h8,11,18-19,23-24,29-30,43H,5-7,9-10,12-17,20-22H2,1-4H3,(H,38,39)/t30-/m0/s1. The van der Waals surface area contributed by atoms with Crippen molar-refractivity contribution in [3.05, 3.63) is 64.4 Å². The van der Waals surface area contributed by atoms with Crippen LogP contribution in [0.1, 0.15) is 84.5 Å². The van der Waals surface area contributed by atoms with Gasteiger partial charge in [-0.1, -0.05) is 6.07 Å². The summed E-state index contributed by atoms with van der Waals surface area (Å²) in [5.74, 6) is 3.34. The van der Waals surface area contributed by atoms with Crippen LogP contribution in [0.25, 0.3) is 0 Å². The molecule has 0 radical (unpaired) electrons. The number of aliphatic hydroxyl groups is 1. The summed E-state index contributed by atoms with van der Waals surface area (Å²) < 4.78 is 11.5. The molecule has 46 heavy (non-hydrogen) atoms. The predicted molar refractivity (Wildman–Crippen MR) is 180 cm³/mol. The number of Topliss-reactive ketones (excluding diaryl/α,β-unsaturated/α-hetero) is 1. The van der Waals surface area contributed by atoms with Crippen LogP contribution in [0.15, 0.2) is 35.1 Å². The molecule has 1 aliphatic carbocycles. The van der Waals surface area contributed by atoms with Crippen molar-refractivity contribution in [2.24, 2.45) is 0 Å². The summed E-state index contributed by atoms with van der Waals surface area (Å²) in [7, 11) is 0. The molecule has 1 aromatic carbocycles. The fourth-order valence-corrected chi connectivity index (χ4v) is 6.77. The van der Waals surface area contributed by atoms with Crippen LogP contribution >= 0.6 is 0 Å². The SMILES string of the molecule is Cc1ncoc1COc1ccc2c(c1C)CCN(C[C@@H](O)CCC(=O)c1cc(NC3CCC3)nc(N3CCN(C(C)C)CC3)c1)C2. The van der Waals surface area contributed by atoms with Gasteiger partial charge in [0.1, 0.15) is 24.0 Å². The number of carbonyl (C=O) groups is 1. The Kier molecular flexibility index (Phi) is 10.3. The zero-order valence-electron chi connectivity index (χ0n) is 27.9. The van der Waals surface area contributed by atoms with E-state index in [1.807, 2.05) is 25.1 Å². The summed E-state index contributed by atoms with van der Waals surface area (Å²) in [4.78, 5) is 29.6. The number of carbonyl (C=O) groups excluding carboxylic acids is 1. The van der Waals surface area contributed by atoms with Gasteiger partial charge in [0.25, 0.3) is 0 Å². The van der Waals surface area contributed by atoms with Crippen molar-refractivity contribution in [2.45, 2.75) is 97.6 Å². The fourth-order valence-electron chi connectivity index (χ4n) is 6.77. The molecule has 10 nitrogen and oxygen atoms in total. The van der Waals surface area contributed by atoms with Crippen molar-refractivity contribution < 1.29 is 19.1 Å². The van der Waals surface area contributed by atoms with Gasteiger partial charge in [-0.25, -0.2) is 9.97 Å². The number of hydrogen-bond acceptors (Lipinski definition) is 10. The van der Waals surface area contributed by atoms with E-state index in [0.29, 0.717) is 43.6 Å². The third-order valence-corrected chi connectivity index (χ3v) is 10.1. The van der Waals surface area contributed by atoms with Gasteiger partial charge < -0.3 is 24.5 Å². The predicted octanol–water partition coefficient (Wildman–Crippen LogP) is 5.14. The molecule has 248 valence electrons. The number of hydrogen-bond donors (Lipinski definition) is 2. The highest BCUT2D eigenvalue weighted by Crippen LogP contribution is 2.31. The van der Waals surface area contributed by atoms with Crippen molar-refractivity contribution in [2.75, 3.05) is 49.5 Å². The average molecular weight is 631 g/mol. The van der Waals surface area contributed by atoms with E-state index in [1.54, 1.807) is 0 Å². The summed E-state index contributed by atoms with van der Waals surface area (Å²) in [5, 5.41) is 14.6. The molecular weight excluding hydrogens is 580 g/mol. The molecule has 6 rings (SSSR count). The molecule has 0 unspecified atom stereocenters. The summed E-state index contributed by atoms with van der Waals surface area (Å²) in [6, 6.07) is 9.00. The van der Waals surface area contributed by atoms with E-state index in [4.69, 9.17) is 14.1 Å². The lowest BCUT2D eigenvalue weighted by Crippen LogP contribution is -2.49. The van der Waals surface area contributed by atoms with Crippen LogP contribution < -0.4 is 15.0 Å². The first kappa shape index (κ1) is 32.5. The highest BCUT2D eigenvalue weighted by atomic mass is 16.5. The Morgan fingerprint density at radius 2 is 1.93 bits per heavy atom. The highest BCUT2D eigenvalue weighted by molar-refractivity contribution is 5.97. The molecule has 0 amide bonds. The van der Waals surface area contributed by atoms with Gasteiger partial charge in [0, 0.05) is 69.9 Å². The van der Waals surface area contributed by atoms with Crippen molar-refractivity contribution in [1.82, 2.24) is 19.8 Å². The molecule has 3 aliphatic rings. The summed E-state index contributed by atoms with van der Waals surface area (Å²) in [5.41, 5.74) is 5.27. The number of benzene rings is 1. The number of oxazole rings is 1. The molecule has 2 N–H and O–H groups in total. The number of aromatic nitrogens is 2. The average Bonchev–Trinajstić information content (AvgIpc) is 3.45. The lowest BCUT2D eigenvalue weighted by Gasteiger charge is -2.38. The van der Waals surface area contributed by atoms with E-state index in [9.17, 15) is 9.90 Å². The number of ketones is 1. The number of aliphatic hydroxyl groups excluding tert-OH is 1. The van der Waals surface area contributed by atoms with E-state index in [-0.39, 0.29) is 5.78 Å². The smallest absolute Gasteiger partial charge is 0.181 e. The zero-order chi connectivity index (χ0) is 32.2. The Labute approximate surface area is 273 Å². The summed E-state index contributed by atoms with van der Waals surface area (Å²) in [6.07, 6.45) is 6.04. The molecule has 0 bridgehead atoms. The van der Waals surface area contributed by atoms with Crippen LogP contribution in [0, 0.1) is 13.8 Å². The Bertz CT molecular complexity index is 1490. The first-order valence-corrected chi connectivity index (χ1v) is 17.1. The van der Waals surface area contributed by atoms with Crippen LogP contribution in [-0.4, -0.2) is 88.1 Å². The van der Waals surface area contributed by atoms with Crippen molar-refractivity contribution in [1.29, 1.82) is 0 Å². The van der Waals surface area contributed by atoms with Crippen LogP contribution in [-0.2, 0) is 19.6 Å². The zero-order valence-corrected chi connectivity index (χ0v) is 27.9. The monoisotopic (exact) mass is 630 g/mol. The third kappa shape index (κ3) is 7.73. The Morgan fingerprint density at radius 3 is 2.63 bits per heavy atom. The molecule has 1 saturated heterocycles. The van der Waals surface area contributed by atoms with Crippen molar-refractivity contribution in [3.8, 4) is 5.75 Å². The maximum atomic E-state index is 13.5. The maximum Gasteiger partial charge on any atom is 0.181 e. The van der Waals surface area contributed by atoms with Gasteiger partial charge in [0.05, 0.1) is 11.8 Å². The largest absolute Gasteiger partial charge is 0.485 e. The number of ether oxygens (including phenoxy) is 1. The second-order valence-corrected chi connectivity index (χ2v) is 13.6. The van der Waals surface area contributed by atoms with Gasteiger partial charge in [-0.15, -0.1) is 0 Å². The van der Waals surface area contributed by atoms with Gasteiger partial charge in [0.2, 0.25) is 0 Å². The van der Waals surface area contributed by atoms with Crippen LogP contribution in [0.2, 0.25) is 0 Å². The summed E-state index contributed by atoms with van der Waals surface area (Å²) >= 11 is 0. The molecule has 1 atom stereocenters. The van der Waals surface area contributed by atoms with E-state index in [0.717, 1.165) is 92.9 Å². The molecule has 10 heteroatoms. The highest BCUT2D eigenvalue weighted by Gasteiger charge is 2.25. The van der Waals surface area contributed by atoms with Gasteiger partial charge in [-0.3, -0.25) is 14.6 Å². The van der Waals surface area contributed by atoms with E-state index in [2.05, 4.69) is 51.8 Å². The number of rotatable bonds is 13. The van der Waals surface area contributed by atoms with Gasteiger partial charge >= 0.3 is 0 Å². The first-order valence-electron chi connectivity index (χ1n) is 17.1. The molecular formula is C36H50N6O4. The second-order valence-electron chi connectivity index (χ2n) is 13.6. The van der Waals surface area contributed by atoms with Gasteiger partial charge in [-0.2, -0.15) is 0 Å². The molecule has 2 fully saturated rings. The topological polar surface area (TPSA) is 107 Å². The number of piperazine rings is 1. The lowest BCUT2D eigenvalue weighted by atomic mass is 9.93. The molecule has 4 heterocycles. The van der Waals surface area contributed by atoms with Gasteiger partial charge in [0.15, 0.2) is 17.9 Å². The lowest BCUT2D eigenvalue weighted by molar-refractivity contribution is 0.0836. The number of nitrogens with one attached hydrogen (secondary N) is 1. The minimum absolute atomic E-state index is 0.0628. The van der Waals surface area contributed by atoms with Crippen LogP contribution in [0.5, 0.6) is 5.75 Å². The minimum atomic E-state index is -0.572. The van der Waals surface area contributed by atoms with Gasteiger partial charge in [-0.05, 0) is 94.7 Å². The number of fused-ring (bicyclic) bond motifs is 1. The van der Waals surface area contributed by atoms with Crippen LogP contribution in [0.4, 0.5) is 11.6 Å². The number of aryl methyl sites for hydroxylation is 1. The third-order valence-electron chi connectivity index (χ3n) is 10.1. The quantitative estimate of drug-likeness (QED) is 0.247. The number of pyridine rings is 1. The second kappa shape index (κ2) is 14.5. The Morgan fingerprint density at radius 1 is 1.13 bits per heavy atom. The Hall–Kier alpha value is -3.47. The Balaban J connectivity index is 1.03. The minimum Gasteiger partial charge on any atom is -0.485 e. The fraction of sp³-hybridized carbons (Fsp3) is 0.583. The first-order chi connectivity index (χ1) is 22.2. The van der Waals surface area contributed by atoms with E-state index < -0.39 is 6.10 Å². The number of anilines is 2. The van der Waals surface area contributed by atoms with Crippen molar-refractivity contribution >= 4 is 17.4 Å². The van der Waals surface area contributed by atoms with E-state index >= 15 is 0 Å². The molecule has 0 spiro atoms. The molecule has 2 aliphatic heterocycles. The van der Waals surface area contributed by atoms with Crippen molar-refractivity contribution in [3.63, 3.8) is 0 Å².